The van der Waals surface area contributed by atoms with Gasteiger partial charge in [0.25, 0.3) is 0 Å². The van der Waals surface area contributed by atoms with Crippen molar-refractivity contribution in [3.63, 3.8) is 0 Å². The Bertz CT molecular complexity index is 90.6. The maximum atomic E-state index is 8.94. The molecule has 0 aliphatic heterocycles. The second-order valence-corrected chi connectivity index (χ2v) is 4.06. The van der Waals surface area contributed by atoms with Crippen molar-refractivity contribution in [2.45, 2.75) is 32.7 Å². The van der Waals surface area contributed by atoms with E-state index in [1.54, 1.807) is 0 Å². The van der Waals surface area contributed by atoms with Crippen LogP contribution in [0.1, 0.15) is 26.7 Å². The number of rotatable bonds is 8. The molecule has 2 nitrogen and oxygen atoms in total. The lowest BCUT2D eigenvalue weighted by Gasteiger charge is -2.13. The van der Waals surface area contributed by atoms with Crippen LogP contribution in [0.3, 0.4) is 0 Å². The number of hydrogen-bond donors (Lipinski definition) is 2. The highest BCUT2D eigenvalue weighted by Crippen LogP contribution is 2.05. The quantitative estimate of drug-likeness (QED) is 0.570. The molecule has 74 valence electrons. The van der Waals surface area contributed by atoms with Crippen molar-refractivity contribution in [3.05, 3.63) is 0 Å². The highest BCUT2D eigenvalue weighted by atomic mass is 32.2. The fourth-order valence-corrected chi connectivity index (χ4v) is 1.96. The van der Waals surface area contributed by atoms with Crippen LogP contribution in [0.15, 0.2) is 0 Å². The highest BCUT2D eigenvalue weighted by Gasteiger charge is 2.03. The molecule has 3 heteroatoms. The van der Waals surface area contributed by atoms with E-state index in [1.807, 2.05) is 11.8 Å². The van der Waals surface area contributed by atoms with Gasteiger partial charge >= 0.3 is 0 Å². The number of nitrogens with one attached hydrogen (secondary N) is 1. The first kappa shape index (κ1) is 12.3. The second kappa shape index (κ2) is 9.36. The minimum Gasteiger partial charge on any atom is -0.395 e. The minimum atomic E-state index is 0.264. The van der Waals surface area contributed by atoms with Crippen LogP contribution in [0.25, 0.3) is 0 Å². The van der Waals surface area contributed by atoms with Gasteiger partial charge in [-0.3, -0.25) is 0 Å². The molecule has 0 rings (SSSR count). The molecule has 0 aromatic heterocycles. The van der Waals surface area contributed by atoms with E-state index >= 15 is 0 Å². The van der Waals surface area contributed by atoms with Gasteiger partial charge in [0.1, 0.15) is 0 Å². The van der Waals surface area contributed by atoms with Gasteiger partial charge in [0.2, 0.25) is 0 Å². The van der Waals surface area contributed by atoms with E-state index in [0.717, 1.165) is 18.7 Å². The molecule has 2 N–H and O–H groups in total. The molecular formula is C9H21NOS. The Balaban J connectivity index is 3.19. The first-order valence-corrected chi connectivity index (χ1v) is 5.92. The molecule has 0 aliphatic carbocycles. The van der Waals surface area contributed by atoms with E-state index in [0.29, 0.717) is 6.04 Å². The SMILES string of the molecule is CCCSCCC(CO)NCC. The molecule has 1 unspecified atom stereocenters. The summed E-state index contributed by atoms with van der Waals surface area (Å²) in [6.45, 7) is 5.48. The van der Waals surface area contributed by atoms with Crippen LogP contribution in [0.5, 0.6) is 0 Å². The number of likely N-dealkylation sites (N-methyl/N-ethyl adjacent to an activating group) is 1. The fraction of sp³-hybridized carbons (Fsp3) is 1.00. The van der Waals surface area contributed by atoms with E-state index in [-0.39, 0.29) is 6.61 Å². The fourth-order valence-electron chi connectivity index (χ4n) is 1.02. The van der Waals surface area contributed by atoms with Gasteiger partial charge in [-0.1, -0.05) is 13.8 Å². The lowest BCUT2D eigenvalue weighted by molar-refractivity contribution is 0.242. The maximum absolute atomic E-state index is 8.94. The normalized spacial score (nSPS) is 13.2. The maximum Gasteiger partial charge on any atom is 0.0584 e. The van der Waals surface area contributed by atoms with Gasteiger partial charge in [0, 0.05) is 6.04 Å². The summed E-state index contributed by atoms with van der Waals surface area (Å²) in [4.78, 5) is 0. The monoisotopic (exact) mass is 191 g/mol. The third kappa shape index (κ3) is 6.95. The topological polar surface area (TPSA) is 32.3 Å². The van der Waals surface area contributed by atoms with Crippen molar-refractivity contribution < 1.29 is 5.11 Å². The predicted octanol–water partition coefficient (Wildman–Crippen LogP) is 1.49. The van der Waals surface area contributed by atoms with Crippen LogP contribution in [0.2, 0.25) is 0 Å². The van der Waals surface area contributed by atoms with Gasteiger partial charge < -0.3 is 10.4 Å². The molecular weight excluding hydrogens is 170 g/mol. The van der Waals surface area contributed by atoms with E-state index < -0.39 is 0 Å². The summed E-state index contributed by atoms with van der Waals surface area (Å²) in [5.41, 5.74) is 0. The van der Waals surface area contributed by atoms with Crippen LogP contribution in [-0.4, -0.2) is 35.8 Å². The number of hydrogen-bond acceptors (Lipinski definition) is 3. The molecule has 0 aliphatic rings. The summed E-state index contributed by atoms with van der Waals surface area (Å²) in [6, 6.07) is 0.305. The van der Waals surface area contributed by atoms with Gasteiger partial charge in [-0.25, -0.2) is 0 Å². The summed E-state index contributed by atoms with van der Waals surface area (Å²) in [7, 11) is 0. The highest BCUT2D eigenvalue weighted by molar-refractivity contribution is 7.99. The summed E-state index contributed by atoms with van der Waals surface area (Å²) in [5, 5.41) is 12.2. The Kier molecular flexibility index (Phi) is 9.57. The van der Waals surface area contributed by atoms with Crippen molar-refractivity contribution in [1.82, 2.24) is 5.32 Å². The van der Waals surface area contributed by atoms with E-state index in [9.17, 15) is 0 Å². The van der Waals surface area contributed by atoms with Gasteiger partial charge in [-0.2, -0.15) is 11.8 Å². The molecule has 0 fully saturated rings. The van der Waals surface area contributed by atoms with Gasteiger partial charge in [0.05, 0.1) is 6.61 Å². The summed E-state index contributed by atoms with van der Waals surface area (Å²) >= 11 is 1.97. The van der Waals surface area contributed by atoms with Crippen LogP contribution in [0.4, 0.5) is 0 Å². The number of aliphatic hydroxyl groups excluding tert-OH is 1. The van der Waals surface area contributed by atoms with Crippen molar-refractivity contribution in [1.29, 1.82) is 0 Å². The van der Waals surface area contributed by atoms with E-state index in [1.165, 1.54) is 12.2 Å². The summed E-state index contributed by atoms with van der Waals surface area (Å²) < 4.78 is 0. The van der Waals surface area contributed by atoms with Crippen molar-refractivity contribution in [2.75, 3.05) is 24.7 Å². The Hall–Kier alpha value is 0.270. The van der Waals surface area contributed by atoms with Gasteiger partial charge in [-0.15, -0.1) is 0 Å². The van der Waals surface area contributed by atoms with Gasteiger partial charge in [-0.05, 0) is 30.9 Å². The van der Waals surface area contributed by atoms with Crippen LogP contribution < -0.4 is 5.32 Å². The molecule has 0 aromatic rings. The van der Waals surface area contributed by atoms with Crippen molar-refractivity contribution >= 4 is 11.8 Å². The minimum absolute atomic E-state index is 0.264. The van der Waals surface area contributed by atoms with Crippen molar-refractivity contribution in [3.8, 4) is 0 Å². The van der Waals surface area contributed by atoms with E-state index in [4.69, 9.17) is 5.11 Å². The Labute approximate surface area is 80.1 Å². The number of thioether (sulfide) groups is 1. The zero-order valence-electron chi connectivity index (χ0n) is 8.18. The molecule has 0 amide bonds. The molecule has 1 atom stereocenters. The third-order valence-electron chi connectivity index (χ3n) is 1.67. The van der Waals surface area contributed by atoms with Crippen LogP contribution in [0, 0.1) is 0 Å². The van der Waals surface area contributed by atoms with E-state index in [2.05, 4.69) is 19.2 Å². The summed E-state index contributed by atoms with van der Waals surface area (Å²) in [6.07, 6.45) is 2.32. The lowest BCUT2D eigenvalue weighted by Crippen LogP contribution is -2.32. The average molecular weight is 191 g/mol. The molecule has 12 heavy (non-hydrogen) atoms. The predicted molar refractivity (Wildman–Crippen MR) is 56.8 cm³/mol. The second-order valence-electron chi connectivity index (χ2n) is 2.84. The molecule has 0 bridgehead atoms. The summed E-state index contributed by atoms with van der Waals surface area (Å²) in [5.74, 6) is 2.40. The van der Waals surface area contributed by atoms with Crippen LogP contribution in [-0.2, 0) is 0 Å². The Morgan fingerprint density at radius 2 is 2.08 bits per heavy atom. The molecule has 0 heterocycles. The zero-order valence-corrected chi connectivity index (χ0v) is 8.99. The molecule has 0 saturated carbocycles. The largest absolute Gasteiger partial charge is 0.395 e. The molecule has 0 aromatic carbocycles. The average Bonchev–Trinajstić information content (AvgIpc) is 2.10. The Morgan fingerprint density at radius 3 is 2.58 bits per heavy atom. The first-order valence-electron chi connectivity index (χ1n) is 4.77. The standard InChI is InChI=1S/C9H21NOS/c1-3-6-12-7-5-9(8-11)10-4-2/h9-11H,3-8H2,1-2H3. The third-order valence-corrected chi connectivity index (χ3v) is 2.89. The zero-order chi connectivity index (χ0) is 9.23. The lowest BCUT2D eigenvalue weighted by atomic mass is 10.2. The smallest absolute Gasteiger partial charge is 0.0584 e. The van der Waals surface area contributed by atoms with Crippen molar-refractivity contribution in [2.24, 2.45) is 0 Å². The number of aliphatic hydroxyl groups is 1. The first-order chi connectivity index (χ1) is 5.85. The molecule has 0 saturated heterocycles. The van der Waals surface area contributed by atoms with Crippen LogP contribution >= 0.6 is 11.8 Å². The molecule has 0 radical (unpaired) electrons. The van der Waals surface area contributed by atoms with Gasteiger partial charge in [0.15, 0.2) is 0 Å². The Morgan fingerprint density at radius 1 is 1.33 bits per heavy atom. The molecule has 0 spiro atoms.